The minimum Gasteiger partial charge on any atom is -0.480 e. The number of aromatic nitrogens is 2. The quantitative estimate of drug-likeness (QED) is 0.533. The second-order valence-electron chi connectivity index (χ2n) is 3.75. The maximum atomic E-state index is 11.3. The van der Waals surface area contributed by atoms with E-state index in [9.17, 15) is 9.59 Å². The zero-order valence-corrected chi connectivity index (χ0v) is 10.5. The number of carboxylic acid groups (broad SMARTS) is 1. The Kier molecular flexibility index (Phi) is 7.03. The van der Waals surface area contributed by atoms with E-state index >= 15 is 0 Å². The number of urea groups is 1. The molecular weight excluding hydrogens is 252 g/mol. The number of aryl methyl sites for hydroxylation is 1. The van der Waals surface area contributed by atoms with Crippen molar-refractivity contribution < 1.29 is 19.4 Å². The van der Waals surface area contributed by atoms with E-state index in [4.69, 9.17) is 9.84 Å². The molecule has 0 saturated heterocycles. The van der Waals surface area contributed by atoms with Gasteiger partial charge in [-0.15, -0.1) is 0 Å². The maximum Gasteiger partial charge on any atom is 0.329 e. The summed E-state index contributed by atoms with van der Waals surface area (Å²) in [5.41, 5.74) is 0. The normalized spacial score (nSPS) is 10.1. The lowest BCUT2D eigenvalue weighted by molar-refractivity contribution is -0.142. The third-order valence-corrected chi connectivity index (χ3v) is 2.17. The molecule has 1 heterocycles. The molecule has 0 unspecified atom stereocenters. The van der Waals surface area contributed by atoms with Crippen LogP contribution in [0, 0.1) is 0 Å². The first-order valence-corrected chi connectivity index (χ1v) is 5.97. The first kappa shape index (κ1) is 15.0. The molecule has 0 spiro atoms. The number of nitrogens with zero attached hydrogens (tertiary/aromatic N) is 2. The topological polar surface area (TPSA) is 105 Å². The number of nitrogens with one attached hydrogen (secondary N) is 2. The fraction of sp³-hybridized carbons (Fsp3) is 0.545. The molecule has 8 heteroatoms. The molecule has 1 rings (SSSR count). The van der Waals surface area contributed by atoms with Crippen molar-refractivity contribution in [1.82, 2.24) is 20.4 Å². The maximum absolute atomic E-state index is 11.3. The van der Waals surface area contributed by atoms with Gasteiger partial charge in [0.15, 0.2) is 0 Å². The number of carboxylic acids is 1. The van der Waals surface area contributed by atoms with Crippen LogP contribution in [0.3, 0.4) is 0 Å². The van der Waals surface area contributed by atoms with Crippen molar-refractivity contribution in [2.24, 2.45) is 0 Å². The van der Waals surface area contributed by atoms with E-state index in [-0.39, 0.29) is 25.8 Å². The summed E-state index contributed by atoms with van der Waals surface area (Å²) in [7, 11) is 0. The van der Waals surface area contributed by atoms with Crippen LogP contribution in [-0.4, -0.2) is 53.2 Å². The average Bonchev–Trinajstić information content (AvgIpc) is 2.87. The third kappa shape index (κ3) is 7.77. The summed E-state index contributed by atoms with van der Waals surface area (Å²) in [6.07, 6.45) is 4.35. The zero-order valence-electron chi connectivity index (χ0n) is 10.5. The number of hydrogen-bond acceptors (Lipinski definition) is 4. The Bertz CT molecular complexity index is 380. The van der Waals surface area contributed by atoms with Gasteiger partial charge in [0, 0.05) is 32.0 Å². The number of amides is 2. The highest BCUT2D eigenvalue weighted by molar-refractivity contribution is 5.73. The molecule has 0 atom stereocenters. The van der Waals surface area contributed by atoms with Gasteiger partial charge in [0.1, 0.15) is 6.61 Å². The molecule has 19 heavy (non-hydrogen) atoms. The first-order valence-electron chi connectivity index (χ1n) is 5.97. The second-order valence-corrected chi connectivity index (χ2v) is 3.75. The van der Waals surface area contributed by atoms with Gasteiger partial charge in [0.25, 0.3) is 0 Å². The number of aliphatic carboxylic acids is 1. The molecule has 0 fully saturated rings. The van der Waals surface area contributed by atoms with E-state index in [1.807, 2.05) is 12.3 Å². The summed E-state index contributed by atoms with van der Waals surface area (Å²) in [6, 6.07) is 1.55. The molecule has 0 aliphatic heterocycles. The third-order valence-electron chi connectivity index (χ3n) is 2.17. The highest BCUT2D eigenvalue weighted by atomic mass is 16.5. The van der Waals surface area contributed by atoms with Gasteiger partial charge in [-0.3, -0.25) is 4.68 Å². The lowest BCUT2D eigenvalue weighted by atomic mass is 10.4. The SMILES string of the molecule is O=C(O)COCCNC(=O)NCCCn1cccn1. The molecule has 1 aromatic heterocycles. The molecule has 0 radical (unpaired) electrons. The van der Waals surface area contributed by atoms with E-state index in [0.29, 0.717) is 6.54 Å². The van der Waals surface area contributed by atoms with Crippen LogP contribution in [-0.2, 0) is 16.1 Å². The molecule has 0 aliphatic rings. The molecular formula is C11H18N4O4. The summed E-state index contributed by atoms with van der Waals surface area (Å²) in [5.74, 6) is -1.02. The van der Waals surface area contributed by atoms with Crippen molar-refractivity contribution in [2.75, 3.05) is 26.3 Å². The van der Waals surface area contributed by atoms with Crippen LogP contribution >= 0.6 is 0 Å². The van der Waals surface area contributed by atoms with Crippen LogP contribution in [0.4, 0.5) is 4.79 Å². The fourth-order valence-electron chi connectivity index (χ4n) is 1.33. The first-order chi connectivity index (χ1) is 9.18. The van der Waals surface area contributed by atoms with E-state index in [1.54, 1.807) is 10.9 Å². The largest absolute Gasteiger partial charge is 0.480 e. The summed E-state index contributed by atoms with van der Waals surface area (Å²) >= 11 is 0. The summed E-state index contributed by atoms with van der Waals surface area (Å²) in [6.45, 7) is 1.38. The van der Waals surface area contributed by atoms with Gasteiger partial charge >= 0.3 is 12.0 Å². The molecule has 1 aromatic rings. The zero-order chi connectivity index (χ0) is 13.9. The van der Waals surface area contributed by atoms with Gasteiger partial charge < -0.3 is 20.5 Å². The Morgan fingerprint density at radius 2 is 2.11 bits per heavy atom. The Labute approximate surface area is 110 Å². The molecule has 3 N–H and O–H groups in total. The van der Waals surface area contributed by atoms with Crippen molar-refractivity contribution in [3.63, 3.8) is 0 Å². The van der Waals surface area contributed by atoms with Crippen molar-refractivity contribution in [3.8, 4) is 0 Å². The van der Waals surface area contributed by atoms with Gasteiger partial charge in [-0.1, -0.05) is 0 Å². The summed E-state index contributed by atoms with van der Waals surface area (Å²) in [5, 5.41) is 17.6. The predicted octanol–water partition coefficient (Wildman–Crippen LogP) is -0.326. The van der Waals surface area contributed by atoms with E-state index in [1.165, 1.54) is 0 Å². The van der Waals surface area contributed by atoms with Crippen LogP contribution in [0.2, 0.25) is 0 Å². The van der Waals surface area contributed by atoms with Crippen LogP contribution in [0.15, 0.2) is 18.5 Å². The number of rotatable bonds is 9. The molecule has 0 aromatic carbocycles. The average molecular weight is 270 g/mol. The second kappa shape index (κ2) is 8.92. The van der Waals surface area contributed by atoms with E-state index < -0.39 is 5.97 Å². The van der Waals surface area contributed by atoms with Crippen molar-refractivity contribution >= 4 is 12.0 Å². The van der Waals surface area contributed by atoms with Gasteiger partial charge in [0.05, 0.1) is 6.61 Å². The Morgan fingerprint density at radius 1 is 1.32 bits per heavy atom. The fourth-order valence-corrected chi connectivity index (χ4v) is 1.33. The predicted molar refractivity (Wildman–Crippen MR) is 66.7 cm³/mol. The Morgan fingerprint density at radius 3 is 2.79 bits per heavy atom. The lowest BCUT2D eigenvalue weighted by Crippen LogP contribution is -2.38. The van der Waals surface area contributed by atoms with Gasteiger partial charge in [-0.25, -0.2) is 9.59 Å². The van der Waals surface area contributed by atoms with Crippen LogP contribution in [0.25, 0.3) is 0 Å². The number of ether oxygens (including phenoxy) is 1. The molecule has 0 aliphatic carbocycles. The lowest BCUT2D eigenvalue weighted by Gasteiger charge is -2.07. The summed E-state index contributed by atoms with van der Waals surface area (Å²) < 4.78 is 6.56. The standard InChI is InChI=1S/C11H18N4O4/c16-10(17)9-19-8-5-13-11(18)12-3-1-6-15-7-2-4-14-15/h2,4,7H,1,3,5-6,8-9H2,(H,16,17)(H2,12,13,18). The van der Waals surface area contributed by atoms with Crippen molar-refractivity contribution in [1.29, 1.82) is 0 Å². The van der Waals surface area contributed by atoms with Crippen molar-refractivity contribution in [3.05, 3.63) is 18.5 Å². The monoisotopic (exact) mass is 270 g/mol. The van der Waals surface area contributed by atoms with Crippen molar-refractivity contribution in [2.45, 2.75) is 13.0 Å². The molecule has 8 nitrogen and oxygen atoms in total. The Balaban J connectivity index is 1.92. The number of hydrogen-bond donors (Lipinski definition) is 3. The van der Waals surface area contributed by atoms with Crippen LogP contribution in [0.5, 0.6) is 0 Å². The van der Waals surface area contributed by atoms with E-state index in [0.717, 1.165) is 13.0 Å². The van der Waals surface area contributed by atoms with E-state index in [2.05, 4.69) is 15.7 Å². The van der Waals surface area contributed by atoms with Gasteiger partial charge in [0.2, 0.25) is 0 Å². The van der Waals surface area contributed by atoms with Gasteiger partial charge in [-0.2, -0.15) is 5.10 Å². The van der Waals surface area contributed by atoms with Crippen LogP contribution in [0.1, 0.15) is 6.42 Å². The molecule has 0 bridgehead atoms. The summed E-state index contributed by atoms with van der Waals surface area (Å²) in [4.78, 5) is 21.4. The molecule has 106 valence electrons. The number of carbonyl (C=O) groups is 2. The highest BCUT2D eigenvalue weighted by Crippen LogP contribution is 1.87. The smallest absolute Gasteiger partial charge is 0.329 e. The minimum absolute atomic E-state index is 0.174. The number of carbonyl (C=O) groups excluding carboxylic acids is 1. The molecule has 2 amide bonds. The van der Waals surface area contributed by atoms with Crippen LogP contribution < -0.4 is 10.6 Å². The highest BCUT2D eigenvalue weighted by Gasteiger charge is 2.00. The Hall–Kier alpha value is -2.09. The van der Waals surface area contributed by atoms with Gasteiger partial charge in [-0.05, 0) is 12.5 Å². The molecule has 0 saturated carbocycles. The minimum atomic E-state index is -1.02.